The molecular weight excluding hydrogens is 228 g/mol. The van der Waals surface area contributed by atoms with Gasteiger partial charge in [0.1, 0.15) is 0 Å². The van der Waals surface area contributed by atoms with Crippen LogP contribution in [0, 0.1) is 6.92 Å². The third-order valence-electron chi connectivity index (χ3n) is 2.89. The van der Waals surface area contributed by atoms with Crippen LogP contribution in [-0.4, -0.2) is 16.8 Å². The van der Waals surface area contributed by atoms with Crippen LogP contribution in [0.4, 0.5) is 0 Å². The van der Waals surface area contributed by atoms with E-state index in [-0.39, 0.29) is 11.8 Å². The summed E-state index contributed by atoms with van der Waals surface area (Å²) in [5.74, 6) is -0.723. The molecule has 0 saturated heterocycles. The molecule has 0 unspecified atom stereocenters. The van der Waals surface area contributed by atoms with Gasteiger partial charge in [0.2, 0.25) is 0 Å². The third kappa shape index (κ3) is 1.50. The molecule has 1 aliphatic rings. The van der Waals surface area contributed by atoms with Crippen molar-refractivity contribution < 1.29 is 9.59 Å². The summed E-state index contributed by atoms with van der Waals surface area (Å²) in [5.41, 5.74) is 2.90. The van der Waals surface area contributed by atoms with E-state index < -0.39 is 0 Å². The van der Waals surface area contributed by atoms with Crippen LogP contribution in [0.1, 0.15) is 26.4 Å². The molecule has 0 fully saturated rings. The molecule has 0 spiro atoms. The van der Waals surface area contributed by atoms with Crippen LogP contribution in [-0.2, 0) is 0 Å². The minimum absolute atomic E-state index is 0.349. The number of aromatic nitrogens is 1. The fourth-order valence-electron chi connectivity index (χ4n) is 2.12. The monoisotopic (exact) mass is 238 g/mol. The molecule has 88 valence electrons. The zero-order valence-corrected chi connectivity index (χ0v) is 9.73. The van der Waals surface area contributed by atoms with Crippen LogP contribution in [0.3, 0.4) is 0 Å². The fourth-order valence-corrected chi connectivity index (χ4v) is 2.12. The maximum absolute atomic E-state index is 11.8. The van der Waals surface area contributed by atoms with Crippen molar-refractivity contribution >= 4 is 11.8 Å². The van der Waals surface area contributed by atoms with E-state index >= 15 is 0 Å². The van der Waals surface area contributed by atoms with Crippen LogP contribution >= 0.6 is 0 Å². The Hall–Kier alpha value is -2.49. The number of pyridine rings is 1. The van der Waals surface area contributed by atoms with E-state index in [0.29, 0.717) is 16.8 Å². The van der Waals surface area contributed by atoms with Crippen molar-refractivity contribution in [3.05, 3.63) is 53.2 Å². The van der Waals surface area contributed by atoms with E-state index in [9.17, 15) is 9.59 Å². The maximum atomic E-state index is 11.8. The van der Waals surface area contributed by atoms with Gasteiger partial charge in [-0.1, -0.05) is 30.3 Å². The summed E-state index contributed by atoms with van der Waals surface area (Å²) in [6.07, 6.45) is 0. The molecule has 0 bridgehead atoms. The molecule has 4 nitrogen and oxygen atoms in total. The van der Waals surface area contributed by atoms with Crippen LogP contribution in [0.15, 0.2) is 36.4 Å². The van der Waals surface area contributed by atoms with Crippen molar-refractivity contribution in [1.29, 1.82) is 0 Å². The average molecular weight is 238 g/mol. The second-order valence-electron chi connectivity index (χ2n) is 4.18. The summed E-state index contributed by atoms with van der Waals surface area (Å²) < 4.78 is 0. The van der Waals surface area contributed by atoms with Crippen molar-refractivity contribution in [2.45, 2.75) is 6.92 Å². The molecule has 1 aliphatic heterocycles. The summed E-state index contributed by atoms with van der Waals surface area (Å²) in [7, 11) is 0. The van der Waals surface area contributed by atoms with Crippen LogP contribution < -0.4 is 5.32 Å². The topological polar surface area (TPSA) is 59.1 Å². The summed E-state index contributed by atoms with van der Waals surface area (Å²) in [6.45, 7) is 1.81. The Kier molecular flexibility index (Phi) is 2.23. The summed E-state index contributed by atoms with van der Waals surface area (Å²) in [4.78, 5) is 27.8. The summed E-state index contributed by atoms with van der Waals surface area (Å²) in [6, 6.07) is 11.0. The Labute approximate surface area is 104 Å². The fraction of sp³-hybridized carbons (Fsp3) is 0.0714. The smallest absolute Gasteiger partial charge is 0.261 e. The van der Waals surface area contributed by atoms with E-state index in [1.54, 1.807) is 6.07 Å². The molecule has 2 amide bonds. The van der Waals surface area contributed by atoms with Gasteiger partial charge in [0.25, 0.3) is 11.8 Å². The van der Waals surface area contributed by atoms with Gasteiger partial charge in [0.15, 0.2) is 0 Å². The lowest BCUT2D eigenvalue weighted by Crippen LogP contribution is -2.20. The molecule has 1 N–H and O–H groups in total. The number of aryl methyl sites for hydroxylation is 1. The highest BCUT2D eigenvalue weighted by molar-refractivity contribution is 6.23. The summed E-state index contributed by atoms with van der Waals surface area (Å²) in [5, 5.41) is 2.30. The van der Waals surface area contributed by atoms with Gasteiger partial charge in [-0.2, -0.15) is 0 Å². The van der Waals surface area contributed by atoms with Crippen LogP contribution in [0.5, 0.6) is 0 Å². The number of rotatable bonds is 1. The Morgan fingerprint density at radius 3 is 2.50 bits per heavy atom. The average Bonchev–Trinajstić information content (AvgIpc) is 2.65. The molecule has 0 aliphatic carbocycles. The maximum Gasteiger partial charge on any atom is 0.261 e. The van der Waals surface area contributed by atoms with Crippen molar-refractivity contribution in [3.63, 3.8) is 0 Å². The van der Waals surface area contributed by atoms with Gasteiger partial charge in [-0.3, -0.25) is 19.9 Å². The quantitative estimate of drug-likeness (QED) is 0.772. The lowest BCUT2D eigenvalue weighted by atomic mass is 10.0. The standard InChI is InChI=1S/C14H10N2O2/c1-8-7-10-11(14(18)16-13(10)17)12(15-8)9-5-3-2-4-6-9/h2-7H,1H3,(H,16,17,18). The van der Waals surface area contributed by atoms with E-state index in [4.69, 9.17) is 0 Å². The largest absolute Gasteiger partial charge is 0.288 e. The zero-order valence-electron chi connectivity index (χ0n) is 9.73. The van der Waals surface area contributed by atoms with Gasteiger partial charge in [0.05, 0.1) is 16.8 Å². The zero-order chi connectivity index (χ0) is 12.7. The lowest BCUT2D eigenvalue weighted by Gasteiger charge is -2.06. The van der Waals surface area contributed by atoms with Crippen LogP contribution in [0.25, 0.3) is 11.3 Å². The van der Waals surface area contributed by atoms with E-state index in [2.05, 4.69) is 10.3 Å². The summed E-state index contributed by atoms with van der Waals surface area (Å²) >= 11 is 0. The predicted molar refractivity (Wildman–Crippen MR) is 66.2 cm³/mol. The van der Waals surface area contributed by atoms with Gasteiger partial charge in [0, 0.05) is 11.3 Å². The molecular formula is C14H10N2O2. The second kappa shape index (κ2) is 3.77. The Bertz CT molecular complexity index is 663. The van der Waals surface area contributed by atoms with E-state index in [1.165, 1.54) is 0 Å². The Balaban J connectivity index is 2.32. The highest BCUT2D eigenvalue weighted by Gasteiger charge is 2.31. The number of hydrogen-bond acceptors (Lipinski definition) is 3. The molecule has 3 rings (SSSR count). The molecule has 0 atom stereocenters. The molecule has 2 heterocycles. The first-order valence-corrected chi connectivity index (χ1v) is 5.59. The number of amides is 2. The van der Waals surface area contributed by atoms with Gasteiger partial charge in [-0.05, 0) is 13.0 Å². The van der Waals surface area contributed by atoms with Crippen molar-refractivity contribution in [2.75, 3.05) is 0 Å². The predicted octanol–water partition coefficient (Wildman–Crippen LogP) is 1.94. The minimum atomic E-state index is -0.374. The molecule has 2 aromatic rings. The number of imide groups is 1. The van der Waals surface area contributed by atoms with Gasteiger partial charge in [-0.15, -0.1) is 0 Å². The van der Waals surface area contributed by atoms with E-state index in [1.807, 2.05) is 37.3 Å². The molecule has 0 radical (unpaired) electrons. The van der Waals surface area contributed by atoms with Gasteiger partial charge < -0.3 is 0 Å². The highest BCUT2D eigenvalue weighted by atomic mass is 16.2. The second-order valence-corrected chi connectivity index (χ2v) is 4.18. The number of nitrogens with zero attached hydrogens (tertiary/aromatic N) is 1. The number of carbonyl (C=O) groups is 2. The SMILES string of the molecule is Cc1cc2c(c(-c3ccccc3)n1)C(=O)NC2=O. The molecule has 4 heteroatoms. The van der Waals surface area contributed by atoms with E-state index in [0.717, 1.165) is 11.3 Å². The first kappa shape index (κ1) is 10.7. The van der Waals surface area contributed by atoms with Crippen molar-refractivity contribution in [3.8, 4) is 11.3 Å². The van der Waals surface area contributed by atoms with Gasteiger partial charge >= 0.3 is 0 Å². The van der Waals surface area contributed by atoms with Crippen molar-refractivity contribution in [1.82, 2.24) is 10.3 Å². The third-order valence-corrected chi connectivity index (χ3v) is 2.89. The molecule has 0 saturated carbocycles. The first-order valence-electron chi connectivity index (χ1n) is 5.59. The molecule has 18 heavy (non-hydrogen) atoms. The number of carbonyl (C=O) groups excluding carboxylic acids is 2. The molecule has 1 aromatic heterocycles. The van der Waals surface area contributed by atoms with Crippen molar-refractivity contribution in [2.24, 2.45) is 0 Å². The Morgan fingerprint density at radius 2 is 1.78 bits per heavy atom. The lowest BCUT2D eigenvalue weighted by molar-refractivity contribution is 0.0880. The minimum Gasteiger partial charge on any atom is -0.288 e. The van der Waals surface area contributed by atoms with Gasteiger partial charge in [-0.25, -0.2) is 0 Å². The highest BCUT2D eigenvalue weighted by Crippen LogP contribution is 2.27. The normalized spacial score (nSPS) is 13.4. The number of benzene rings is 1. The Morgan fingerprint density at radius 1 is 1.06 bits per heavy atom. The first-order chi connectivity index (χ1) is 8.66. The molecule has 1 aromatic carbocycles. The van der Waals surface area contributed by atoms with Crippen LogP contribution in [0.2, 0.25) is 0 Å². The number of nitrogens with one attached hydrogen (secondary N) is 1. The number of fused-ring (bicyclic) bond motifs is 1. The number of hydrogen-bond donors (Lipinski definition) is 1.